The number of carbonyl (C=O) groups is 2. The van der Waals surface area contributed by atoms with E-state index in [0.29, 0.717) is 6.54 Å². The van der Waals surface area contributed by atoms with E-state index in [1.165, 1.54) is 0 Å². The molecule has 6 heteroatoms. The third-order valence-corrected chi connectivity index (χ3v) is 4.61. The number of nitrogens with zero attached hydrogens (tertiary/aromatic N) is 2. The Morgan fingerprint density at radius 3 is 2.75 bits per heavy atom. The first kappa shape index (κ1) is 13.5. The molecule has 0 bridgehead atoms. The molecule has 1 aliphatic heterocycles. The number of hydrogen-bond donors (Lipinski definition) is 1. The Hall–Kier alpha value is -1.43. The largest absolute Gasteiger partial charge is 0.345 e. The van der Waals surface area contributed by atoms with Crippen LogP contribution >= 0.6 is 15.9 Å². The molecule has 0 unspecified atom stereocenters. The van der Waals surface area contributed by atoms with E-state index < -0.39 is 5.54 Å². The van der Waals surface area contributed by atoms with Gasteiger partial charge in [-0.25, -0.2) is 0 Å². The molecule has 2 fully saturated rings. The first-order valence-corrected chi connectivity index (χ1v) is 7.59. The number of nitrogens with one attached hydrogen (secondary N) is 1. The summed E-state index contributed by atoms with van der Waals surface area (Å²) in [6.45, 7) is 0.542. The van der Waals surface area contributed by atoms with Crippen molar-refractivity contribution in [1.29, 1.82) is 0 Å². The molecule has 1 N–H and O–H groups in total. The molecule has 0 radical (unpaired) electrons. The smallest absolute Gasteiger partial charge is 0.246 e. The van der Waals surface area contributed by atoms with E-state index >= 15 is 0 Å². The SMILES string of the molecule is O=C1CNC(=O)C2(CCCC2)N1Cc1cncc(Br)c1. The zero-order valence-electron chi connectivity index (χ0n) is 11.1. The van der Waals surface area contributed by atoms with Gasteiger partial charge in [0.15, 0.2) is 0 Å². The first-order valence-electron chi connectivity index (χ1n) is 6.80. The van der Waals surface area contributed by atoms with Gasteiger partial charge in [-0.2, -0.15) is 0 Å². The van der Waals surface area contributed by atoms with Crippen LogP contribution in [0.1, 0.15) is 31.2 Å². The minimum absolute atomic E-state index is 0.00226. The maximum Gasteiger partial charge on any atom is 0.246 e. The van der Waals surface area contributed by atoms with Gasteiger partial charge in [0.25, 0.3) is 0 Å². The van der Waals surface area contributed by atoms with Gasteiger partial charge in [-0.05, 0) is 40.4 Å². The van der Waals surface area contributed by atoms with Crippen LogP contribution in [0.3, 0.4) is 0 Å². The Labute approximate surface area is 125 Å². The summed E-state index contributed by atoms with van der Waals surface area (Å²) < 4.78 is 0.879. The number of hydrogen-bond acceptors (Lipinski definition) is 3. The fourth-order valence-corrected chi connectivity index (χ4v) is 3.61. The highest BCUT2D eigenvalue weighted by molar-refractivity contribution is 9.10. The van der Waals surface area contributed by atoms with Gasteiger partial charge in [-0.15, -0.1) is 0 Å². The number of amides is 2. The number of halogens is 1. The molecule has 106 valence electrons. The molecule has 0 atom stereocenters. The number of piperazine rings is 1. The number of rotatable bonds is 2. The topological polar surface area (TPSA) is 62.3 Å². The Kier molecular flexibility index (Phi) is 3.50. The molecule has 1 aromatic heterocycles. The molecule has 0 aromatic carbocycles. The summed E-state index contributed by atoms with van der Waals surface area (Å²) in [5, 5.41) is 2.74. The molecule has 2 heterocycles. The van der Waals surface area contributed by atoms with Gasteiger partial charge in [0.1, 0.15) is 5.54 Å². The maximum absolute atomic E-state index is 12.3. The lowest BCUT2D eigenvalue weighted by Crippen LogP contribution is -2.65. The lowest BCUT2D eigenvalue weighted by atomic mass is 9.91. The highest BCUT2D eigenvalue weighted by Gasteiger charge is 2.50. The van der Waals surface area contributed by atoms with Gasteiger partial charge in [0.2, 0.25) is 11.8 Å². The van der Waals surface area contributed by atoms with Crippen molar-refractivity contribution in [1.82, 2.24) is 15.2 Å². The van der Waals surface area contributed by atoms with Gasteiger partial charge >= 0.3 is 0 Å². The van der Waals surface area contributed by atoms with Crippen molar-refractivity contribution in [3.05, 3.63) is 28.5 Å². The van der Waals surface area contributed by atoms with Crippen molar-refractivity contribution in [2.24, 2.45) is 0 Å². The molecule has 1 aromatic rings. The van der Waals surface area contributed by atoms with E-state index in [1.54, 1.807) is 17.3 Å². The fraction of sp³-hybridized carbons (Fsp3) is 0.500. The van der Waals surface area contributed by atoms with Gasteiger partial charge in [0, 0.05) is 23.4 Å². The van der Waals surface area contributed by atoms with Crippen LogP contribution in [0.4, 0.5) is 0 Å². The zero-order valence-corrected chi connectivity index (χ0v) is 12.6. The maximum atomic E-state index is 12.3. The number of aromatic nitrogens is 1. The minimum Gasteiger partial charge on any atom is -0.345 e. The Bertz CT molecular complexity index is 555. The predicted octanol–water partition coefficient (Wildman–Crippen LogP) is 1.62. The molecule has 20 heavy (non-hydrogen) atoms. The number of carbonyl (C=O) groups excluding carboxylic acids is 2. The second-order valence-corrected chi connectivity index (χ2v) is 6.33. The standard InChI is InChI=1S/C14H16BrN3O2/c15-11-5-10(6-16-7-11)9-18-12(19)8-17-13(20)14(18)3-1-2-4-14/h5-7H,1-4,8-9H2,(H,17,20). The van der Waals surface area contributed by atoms with E-state index in [-0.39, 0.29) is 18.4 Å². The fourth-order valence-electron chi connectivity index (χ4n) is 3.20. The van der Waals surface area contributed by atoms with E-state index in [4.69, 9.17) is 0 Å². The molecule has 1 aliphatic carbocycles. The van der Waals surface area contributed by atoms with Gasteiger partial charge in [-0.3, -0.25) is 14.6 Å². The quantitative estimate of drug-likeness (QED) is 0.891. The highest BCUT2D eigenvalue weighted by atomic mass is 79.9. The van der Waals surface area contributed by atoms with Crippen molar-refractivity contribution in [3.63, 3.8) is 0 Å². The molecule has 1 saturated heterocycles. The summed E-state index contributed by atoms with van der Waals surface area (Å²) in [5.74, 6) is -0.0102. The zero-order chi connectivity index (χ0) is 14.2. The van der Waals surface area contributed by atoms with Crippen LogP contribution in [0.5, 0.6) is 0 Å². The van der Waals surface area contributed by atoms with E-state index in [2.05, 4.69) is 26.2 Å². The average Bonchev–Trinajstić information content (AvgIpc) is 2.90. The molecule has 2 aliphatic rings. The van der Waals surface area contributed by atoms with Gasteiger partial charge < -0.3 is 10.2 Å². The van der Waals surface area contributed by atoms with Crippen molar-refractivity contribution in [2.75, 3.05) is 6.54 Å². The number of pyridine rings is 1. The summed E-state index contributed by atoms with van der Waals surface area (Å²) in [6.07, 6.45) is 6.95. The van der Waals surface area contributed by atoms with Crippen LogP contribution < -0.4 is 5.32 Å². The third-order valence-electron chi connectivity index (χ3n) is 4.17. The molecular weight excluding hydrogens is 322 g/mol. The van der Waals surface area contributed by atoms with E-state index in [0.717, 1.165) is 35.7 Å². The van der Waals surface area contributed by atoms with Crippen LogP contribution in [-0.4, -0.2) is 33.8 Å². The summed E-state index contributed by atoms with van der Waals surface area (Å²) in [6, 6.07) is 1.94. The van der Waals surface area contributed by atoms with Crippen LogP contribution in [0.25, 0.3) is 0 Å². The minimum atomic E-state index is -0.641. The molecule has 3 rings (SSSR count). The second kappa shape index (κ2) is 5.16. The predicted molar refractivity (Wildman–Crippen MR) is 76.7 cm³/mol. The normalized spacial score (nSPS) is 21.4. The summed E-state index contributed by atoms with van der Waals surface area (Å²) in [5.41, 5.74) is 0.297. The first-order chi connectivity index (χ1) is 9.62. The Morgan fingerprint density at radius 2 is 2.05 bits per heavy atom. The molecule has 1 saturated carbocycles. The summed E-state index contributed by atoms with van der Waals surface area (Å²) in [4.78, 5) is 30.4. The summed E-state index contributed by atoms with van der Waals surface area (Å²) in [7, 11) is 0. The van der Waals surface area contributed by atoms with Crippen LogP contribution in [0.2, 0.25) is 0 Å². The van der Waals surface area contributed by atoms with Crippen LogP contribution in [-0.2, 0) is 16.1 Å². The van der Waals surface area contributed by atoms with Crippen molar-refractivity contribution in [2.45, 2.75) is 37.8 Å². The molecule has 5 nitrogen and oxygen atoms in total. The second-order valence-electron chi connectivity index (χ2n) is 5.41. The Balaban J connectivity index is 1.91. The van der Waals surface area contributed by atoms with Crippen LogP contribution in [0, 0.1) is 0 Å². The van der Waals surface area contributed by atoms with Crippen molar-refractivity contribution in [3.8, 4) is 0 Å². The molecular formula is C14H16BrN3O2. The lowest BCUT2D eigenvalue weighted by Gasteiger charge is -2.43. The van der Waals surface area contributed by atoms with Crippen molar-refractivity contribution < 1.29 is 9.59 Å². The third kappa shape index (κ3) is 2.22. The molecule has 2 amide bonds. The van der Waals surface area contributed by atoms with E-state index in [9.17, 15) is 9.59 Å². The van der Waals surface area contributed by atoms with Crippen LogP contribution in [0.15, 0.2) is 22.9 Å². The molecule has 1 spiro atoms. The van der Waals surface area contributed by atoms with Crippen molar-refractivity contribution >= 4 is 27.7 Å². The monoisotopic (exact) mass is 337 g/mol. The average molecular weight is 338 g/mol. The summed E-state index contributed by atoms with van der Waals surface area (Å²) >= 11 is 3.38. The van der Waals surface area contributed by atoms with Gasteiger partial charge in [0.05, 0.1) is 6.54 Å². The van der Waals surface area contributed by atoms with E-state index in [1.807, 2.05) is 6.07 Å². The lowest BCUT2D eigenvalue weighted by molar-refractivity contribution is -0.154. The highest BCUT2D eigenvalue weighted by Crippen LogP contribution is 2.38. The Morgan fingerprint density at radius 1 is 1.30 bits per heavy atom. The van der Waals surface area contributed by atoms with Gasteiger partial charge in [-0.1, -0.05) is 12.8 Å².